The zero-order chi connectivity index (χ0) is 17.0. The molecule has 0 spiro atoms. The van der Waals surface area contributed by atoms with Crippen molar-refractivity contribution < 1.29 is 9.59 Å². The van der Waals surface area contributed by atoms with Crippen LogP contribution in [0, 0.1) is 11.8 Å². The molecule has 1 aliphatic heterocycles. The van der Waals surface area contributed by atoms with Crippen LogP contribution in [0.2, 0.25) is 0 Å². The first-order chi connectivity index (χ1) is 10.8. The number of aromatic nitrogens is 2. The topological polar surface area (TPSA) is 75.2 Å². The van der Waals surface area contributed by atoms with Crippen LogP contribution in [0.15, 0.2) is 0 Å². The van der Waals surface area contributed by atoms with E-state index in [-0.39, 0.29) is 24.7 Å². The van der Waals surface area contributed by atoms with Crippen LogP contribution in [0.1, 0.15) is 57.9 Å². The summed E-state index contributed by atoms with van der Waals surface area (Å²) in [5.74, 6) is 1.25. The van der Waals surface area contributed by atoms with Crippen molar-refractivity contribution in [1.29, 1.82) is 0 Å². The summed E-state index contributed by atoms with van der Waals surface area (Å²) < 4.78 is 0. The molecule has 6 nitrogen and oxygen atoms in total. The second-order valence-corrected chi connectivity index (χ2v) is 7.90. The number of nitrogens with one attached hydrogen (secondary N) is 1. The molecule has 0 unspecified atom stereocenters. The van der Waals surface area contributed by atoms with Crippen molar-refractivity contribution in [3.63, 3.8) is 0 Å². The van der Waals surface area contributed by atoms with E-state index in [9.17, 15) is 9.59 Å². The lowest BCUT2D eigenvalue weighted by molar-refractivity contribution is -0.135. The number of piperidine rings is 1. The van der Waals surface area contributed by atoms with Gasteiger partial charge < -0.3 is 10.2 Å². The second kappa shape index (κ2) is 7.86. The third kappa shape index (κ3) is 5.27. The number of carbonyl (C=O) groups excluding carboxylic acids is 2. The Balaban J connectivity index is 1.78. The van der Waals surface area contributed by atoms with Crippen LogP contribution >= 0.6 is 11.3 Å². The highest BCUT2D eigenvalue weighted by Gasteiger charge is 2.25. The Morgan fingerprint density at radius 2 is 1.87 bits per heavy atom. The Hall–Kier alpha value is -1.50. The average Bonchev–Trinajstić information content (AvgIpc) is 2.92. The van der Waals surface area contributed by atoms with Crippen molar-refractivity contribution >= 4 is 28.3 Å². The number of hydrogen-bond donors (Lipinski definition) is 1. The number of amides is 2. The number of carbonyl (C=O) groups is 2. The number of anilines is 1. The summed E-state index contributed by atoms with van der Waals surface area (Å²) in [4.78, 5) is 26.1. The van der Waals surface area contributed by atoms with Crippen molar-refractivity contribution in [2.24, 2.45) is 11.8 Å². The fourth-order valence-electron chi connectivity index (χ4n) is 2.95. The Kier molecular flexibility index (Phi) is 6.10. The molecule has 1 aromatic rings. The van der Waals surface area contributed by atoms with E-state index in [1.807, 2.05) is 18.7 Å². The molecule has 1 N–H and O–H groups in total. The predicted molar refractivity (Wildman–Crippen MR) is 91.4 cm³/mol. The highest BCUT2D eigenvalue weighted by molar-refractivity contribution is 7.15. The standard InChI is InChI=1S/C16H26N4O2S/c1-10(2)15-18-19-16(23-15)17-13(21)5-6-14(22)20-8-11(3)7-12(4)9-20/h10-12H,5-9H2,1-4H3,(H,17,19,21)/t11-,12-/m1/s1. The van der Waals surface area contributed by atoms with Gasteiger partial charge in [0.1, 0.15) is 5.01 Å². The van der Waals surface area contributed by atoms with Crippen LogP contribution in [0.5, 0.6) is 0 Å². The molecule has 7 heteroatoms. The second-order valence-electron chi connectivity index (χ2n) is 6.89. The molecule has 0 aromatic carbocycles. The van der Waals surface area contributed by atoms with Gasteiger partial charge in [-0.2, -0.15) is 0 Å². The summed E-state index contributed by atoms with van der Waals surface area (Å²) in [6.07, 6.45) is 1.61. The van der Waals surface area contributed by atoms with Gasteiger partial charge in [-0.15, -0.1) is 10.2 Å². The highest BCUT2D eigenvalue weighted by Crippen LogP contribution is 2.23. The van der Waals surface area contributed by atoms with E-state index in [1.165, 1.54) is 17.8 Å². The summed E-state index contributed by atoms with van der Waals surface area (Å²) in [6, 6.07) is 0. The summed E-state index contributed by atoms with van der Waals surface area (Å²) in [5.41, 5.74) is 0. The van der Waals surface area contributed by atoms with Crippen LogP contribution < -0.4 is 5.32 Å². The third-order valence-corrected chi connectivity index (χ3v) is 5.11. The summed E-state index contributed by atoms with van der Waals surface area (Å²) in [7, 11) is 0. The molecule has 1 aromatic heterocycles. The number of likely N-dealkylation sites (tertiary alicyclic amines) is 1. The Bertz CT molecular complexity index is 548. The van der Waals surface area contributed by atoms with Crippen molar-refractivity contribution in [2.75, 3.05) is 18.4 Å². The lowest BCUT2D eigenvalue weighted by Crippen LogP contribution is -2.42. The minimum atomic E-state index is -0.178. The normalized spacial score (nSPS) is 21.5. The van der Waals surface area contributed by atoms with E-state index in [2.05, 4.69) is 29.4 Å². The van der Waals surface area contributed by atoms with Gasteiger partial charge >= 0.3 is 0 Å². The van der Waals surface area contributed by atoms with Crippen molar-refractivity contribution in [2.45, 2.75) is 52.9 Å². The number of hydrogen-bond acceptors (Lipinski definition) is 5. The van der Waals surface area contributed by atoms with Gasteiger partial charge in [0.15, 0.2) is 0 Å². The third-order valence-electron chi connectivity index (χ3n) is 3.97. The van der Waals surface area contributed by atoms with Crippen LogP contribution in [-0.4, -0.2) is 40.0 Å². The van der Waals surface area contributed by atoms with Crippen LogP contribution in [0.3, 0.4) is 0 Å². The van der Waals surface area contributed by atoms with Crippen molar-refractivity contribution in [3.05, 3.63) is 5.01 Å². The van der Waals surface area contributed by atoms with E-state index >= 15 is 0 Å². The molecular formula is C16H26N4O2S. The molecule has 0 radical (unpaired) electrons. The van der Waals surface area contributed by atoms with E-state index in [1.54, 1.807) is 0 Å². The summed E-state index contributed by atoms with van der Waals surface area (Å²) in [5, 5.41) is 12.1. The smallest absolute Gasteiger partial charge is 0.226 e. The molecule has 23 heavy (non-hydrogen) atoms. The van der Waals surface area contributed by atoms with E-state index in [0.29, 0.717) is 22.9 Å². The van der Waals surface area contributed by atoms with Gasteiger partial charge in [-0.25, -0.2) is 0 Å². The molecule has 128 valence electrons. The van der Waals surface area contributed by atoms with Gasteiger partial charge in [-0.05, 0) is 18.3 Å². The van der Waals surface area contributed by atoms with Gasteiger partial charge in [-0.1, -0.05) is 39.0 Å². The molecule has 2 rings (SSSR count). The lowest BCUT2D eigenvalue weighted by atomic mass is 9.91. The van der Waals surface area contributed by atoms with E-state index in [4.69, 9.17) is 0 Å². The molecule has 2 atom stereocenters. The Morgan fingerprint density at radius 1 is 1.22 bits per heavy atom. The predicted octanol–water partition coefficient (Wildman–Crippen LogP) is 2.88. The molecule has 0 saturated carbocycles. The number of nitrogens with zero attached hydrogens (tertiary/aromatic N) is 3. The molecule has 2 amide bonds. The largest absolute Gasteiger partial charge is 0.342 e. The van der Waals surface area contributed by atoms with Gasteiger partial charge in [0, 0.05) is 31.8 Å². The molecule has 2 heterocycles. The lowest BCUT2D eigenvalue weighted by Gasteiger charge is -2.35. The molecular weight excluding hydrogens is 312 g/mol. The molecule has 0 bridgehead atoms. The maximum absolute atomic E-state index is 12.3. The van der Waals surface area contributed by atoms with Crippen molar-refractivity contribution in [3.8, 4) is 0 Å². The first kappa shape index (κ1) is 17.8. The zero-order valence-electron chi connectivity index (χ0n) is 14.3. The van der Waals surface area contributed by atoms with Crippen LogP contribution in [0.4, 0.5) is 5.13 Å². The number of rotatable bonds is 5. The quantitative estimate of drug-likeness (QED) is 0.896. The summed E-state index contributed by atoms with van der Waals surface area (Å²) >= 11 is 1.38. The van der Waals surface area contributed by atoms with Crippen molar-refractivity contribution in [1.82, 2.24) is 15.1 Å². The van der Waals surface area contributed by atoms with Crippen LogP contribution in [-0.2, 0) is 9.59 Å². The summed E-state index contributed by atoms with van der Waals surface area (Å²) in [6.45, 7) is 10.0. The minimum Gasteiger partial charge on any atom is -0.342 e. The SMILES string of the molecule is CC(C)c1nnc(NC(=O)CCC(=O)N2C[C@H](C)C[C@@H](C)C2)s1. The molecule has 0 aliphatic carbocycles. The van der Waals surface area contributed by atoms with Gasteiger partial charge in [0.25, 0.3) is 0 Å². The Labute approximate surface area is 141 Å². The minimum absolute atomic E-state index is 0.0682. The van der Waals surface area contributed by atoms with E-state index < -0.39 is 0 Å². The maximum Gasteiger partial charge on any atom is 0.226 e. The fourth-order valence-corrected chi connectivity index (χ4v) is 3.71. The van der Waals surface area contributed by atoms with Gasteiger partial charge in [0.2, 0.25) is 16.9 Å². The fraction of sp³-hybridized carbons (Fsp3) is 0.750. The first-order valence-corrected chi connectivity index (χ1v) is 9.07. The van der Waals surface area contributed by atoms with Gasteiger partial charge in [0.05, 0.1) is 0 Å². The molecule has 1 saturated heterocycles. The zero-order valence-corrected chi connectivity index (χ0v) is 15.2. The monoisotopic (exact) mass is 338 g/mol. The average molecular weight is 338 g/mol. The molecule has 1 fully saturated rings. The Morgan fingerprint density at radius 3 is 2.43 bits per heavy atom. The van der Waals surface area contributed by atoms with Gasteiger partial charge in [-0.3, -0.25) is 9.59 Å². The first-order valence-electron chi connectivity index (χ1n) is 8.26. The van der Waals surface area contributed by atoms with Crippen LogP contribution in [0.25, 0.3) is 0 Å². The molecule has 1 aliphatic rings. The van der Waals surface area contributed by atoms with E-state index in [0.717, 1.165) is 18.1 Å². The maximum atomic E-state index is 12.3. The highest BCUT2D eigenvalue weighted by atomic mass is 32.1.